The van der Waals surface area contributed by atoms with Gasteiger partial charge < -0.3 is 0 Å². The van der Waals surface area contributed by atoms with Crippen molar-refractivity contribution in [2.45, 2.75) is 15.0 Å². The summed E-state index contributed by atoms with van der Waals surface area (Å²) in [6.45, 7) is 0. The Labute approximate surface area is 210 Å². The Bertz CT molecular complexity index is 1560. The van der Waals surface area contributed by atoms with Crippen LogP contribution in [0, 0.1) is 5.82 Å². The summed E-state index contributed by atoms with van der Waals surface area (Å²) in [5.41, 5.74) is 1.86. The molecule has 11 heteroatoms. The molecular weight excluding hydrogens is 540 g/mol. The van der Waals surface area contributed by atoms with Gasteiger partial charge in [-0.1, -0.05) is 47.5 Å². The highest BCUT2D eigenvalue weighted by atomic mass is 35.5. The molecule has 1 aromatic heterocycles. The van der Waals surface area contributed by atoms with E-state index >= 15 is 0 Å². The van der Waals surface area contributed by atoms with Crippen molar-refractivity contribution < 1.29 is 21.2 Å². The van der Waals surface area contributed by atoms with Gasteiger partial charge >= 0.3 is 0 Å². The number of hydrogen-bond acceptors (Lipinski definition) is 6. The van der Waals surface area contributed by atoms with Gasteiger partial charge in [0.15, 0.2) is 9.84 Å². The van der Waals surface area contributed by atoms with Crippen molar-refractivity contribution in [3.05, 3.63) is 88.2 Å². The fourth-order valence-electron chi connectivity index (χ4n) is 3.26. The quantitative estimate of drug-likeness (QED) is 0.279. The number of sulfone groups is 2. The van der Waals surface area contributed by atoms with E-state index in [9.17, 15) is 21.2 Å². The van der Waals surface area contributed by atoms with Crippen molar-refractivity contribution in [3.8, 4) is 21.7 Å². The zero-order valence-electron chi connectivity index (χ0n) is 17.5. The molecule has 0 aliphatic rings. The zero-order valence-corrected chi connectivity index (χ0v) is 21.5. The average Bonchev–Trinajstić information content (AvgIpc) is 3.19. The van der Waals surface area contributed by atoms with Crippen LogP contribution in [0.4, 0.5) is 4.39 Å². The minimum absolute atomic E-state index is 0.125. The van der Waals surface area contributed by atoms with E-state index < -0.39 is 25.5 Å². The molecule has 0 aliphatic heterocycles. The van der Waals surface area contributed by atoms with Gasteiger partial charge in [0.2, 0.25) is 14.2 Å². The average molecular weight is 556 g/mol. The summed E-state index contributed by atoms with van der Waals surface area (Å²) in [5.74, 6) is -0.797. The van der Waals surface area contributed by atoms with E-state index in [1.807, 2.05) is 0 Å². The molecule has 5 nitrogen and oxygen atoms in total. The van der Waals surface area contributed by atoms with Crippen LogP contribution in [0.25, 0.3) is 21.7 Å². The Morgan fingerprint density at radius 3 is 1.97 bits per heavy atom. The molecule has 4 rings (SSSR count). The molecule has 0 saturated carbocycles. The maximum Gasteiger partial charge on any atom is 0.210 e. The van der Waals surface area contributed by atoms with Crippen LogP contribution in [0.2, 0.25) is 10.0 Å². The van der Waals surface area contributed by atoms with E-state index in [-0.39, 0.29) is 15.0 Å². The summed E-state index contributed by atoms with van der Waals surface area (Å²) >= 11 is 13.0. The largest absolute Gasteiger partial charge is 0.224 e. The van der Waals surface area contributed by atoms with E-state index in [4.69, 9.17) is 23.2 Å². The number of hydrogen-bond donors (Lipinski definition) is 0. The lowest BCUT2D eigenvalue weighted by molar-refractivity contribution is 0.594. The van der Waals surface area contributed by atoms with Crippen LogP contribution in [0.5, 0.6) is 0 Å². The van der Waals surface area contributed by atoms with Crippen LogP contribution in [0.3, 0.4) is 0 Å². The maximum atomic E-state index is 13.5. The summed E-state index contributed by atoms with van der Waals surface area (Å²) < 4.78 is 63.4. The van der Waals surface area contributed by atoms with Gasteiger partial charge in [0.05, 0.1) is 21.2 Å². The summed E-state index contributed by atoms with van der Waals surface area (Å²) in [6.07, 6.45) is 1.10. The van der Waals surface area contributed by atoms with Crippen LogP contribution < -0.4 is 0 Å². The SMILES string of the molecule is CS(=O)(=O)c1ccc(-c2nc(S(=O)(=O)Cc3cc(Cl)cc(Cl)c3)sc2-c2ccc(F)cc2)cc1. The second-order valence-corrected chi connectivity index (χ2v) is 13.5. The molecule has 4 aromatic rings. The number of halogens is 3. The smallest absolute Gasteiger partial charge is 0.210 e. The molecule has 0 aliphatic carbocycles. The molecule has 0 saturated heterocycles. The monoisotopic (exact) mass is 555 g/mol. The predicted molar refractivity (Wildman–Crippen MR) is 133 cm³/mol. The van der Waals surface area contributed by atoms with Crippen LogP contribution in [-0.2, 0) is 25.4 Å². The minimum atomic E-state index is -3.88. The molecule has 176 valence electrons. The Hall–Kier alpha value is -2.30. The molecule has 34 heavy (non-hydrogen) atoms. The molecule has 1 heterocycles. The topological polar surface area (TPSA) is 81.2 Å². The van der Waals surface area contributed by atoms with Crippen molar-refractivity contribution >= 4 is 54.2 Å². The summed E-state index contributed by atoms with van der Waals surface area (Å²) in [4.78, 5) is 5.04. The summed E-state index contributed by atoms with van der Waals surface area (Å²) in [7, 11) is -7.29. The van der Waals surface area contributed by atoms with Gasteiger partial charge in [0.1, 0.15) is 5.82 Å². The van der Waals surface area contributed by atoms with E-state index in [2.05, 4.69) is 4.98 Å². The molecule has 0 bridgehead atoms. The van der Waals surface area contributed by atoms with Gasteiger partial charge in [-0.05, 0) is 53.6 Å². The van der Waals surface area contributed by atoms with Gasteiger partial charge in [-0.15, -0.1) is 11.3 Å². The third kappa shape index (κ3) is 5.50. The Kier molecular flexibility index (Phi) is 6.85. The van der Waals surface area contributed by atoms with Crippen molar-refractivity contribution in [1.82, 2.24) is 4.98 Å². The molecule has 0 atom stereocenters. The first-order valence-electron chi connectivity index (χ1n) is 9.67. The lowest BCUT2D eigenvalue weighted by atomic mass is 10.1. The van der Waals surface area contributed by atoms with Crippen molar-refractivity contribution in [2.75, 3.05) is 6.26 Å². The normalized spacial score (nSPS) is 12.1. The fourth-order valence-corrected chi connectivity index (χ4v) is 7.18. The van der Waals surface area contributed by atoms with Crippen molar-refractivity contribution in [2.24, 2.45) is 0 Å². The van der Waals surface area contributed by atoms with Crippen LogP contribution >= 0.6 is 34.5 Å². The van der Waals surface area contributed by atoms with E-state index in [1.54, 1.807) is 12.1 Å². The van der Waals surface area contributed by atoms with Crippen LogP contribution in [0.1, 0.15) is 5.56 Å². The van der Waals surface area contributed by atoms with Crippen LogP contribution in [-0.4, -0.2) is 28.1 Å². The van der Waals surface area contributed by atoms with Gasteiger partial charge in [-0.2, -0.15) is 0 Å². The maximum absolute atomic E-state index is 13.5. The molecule has 3 aromatic carbocycles. The molecule has 0 unspecified atom stereocenters. The second kappa shape index (κ2) is 9.39. The number of aromatic nitrogens is 1. The molecule has 0 amide bonds. The molecule has 0 radical (unpaired) electrons. The number of nitrogens with zero attached hydrogens (tertiary/aromatic N) is 1. The fraction of sp³-hybridized carbons (Fsp3) is 0.0870. The van der Waals surface area contributed by atoms with E-state index in [0.717, 1.165) is 17.6 Å². The Morgan fingerprint density at radius 1 is 0.853 bits per heavy atom. The highest BCUT2D eigenvalue weighted by Crippen LogP contribution is 2.39. The first kappa shape index (κ1) is 24.8. The lowest BCUT2D eigenvalue weighted by Crippen LogP contribution is -2.04. The van der Waals surface area contributed by atoms with Crippen molar-refractivity contribution in [1.29, 1.82) is 0 Å². The third-order valence-electron chi connectivity index (χ3n) is 4.81. The van der Waals surface area contributed by atoms with Gasteiger partial charge in [-0.25, -0.2) is 26.2 Å². The first-order chi connectivity index (χ1) is 15.9. The number of thiazole rings is 1. The Morgan fingerprint density at radius 2 is 1.41 bits per heavy atom. The minimum Gasteiger partial charge on any atom is -0.224 e. The number of rotatable bonds is 6. The standard InChI is InChI=1S/C23H16Cl2FNO4S3/c1-33(28,29)20-8-4-15(5-9-20)21-22(16-2-6-19(26)7-3-16)32-23(27-21)34(30,31)13-14-10-17(24)12-18(25)11-14/h2-12H,13H2,1H3. The first-order valence-corrected chi connectivity index (χ1v) is 14.8. The summed E-state index contributed by atoms with van der Waals surface area (Å²) in [6, 6.07) is 16.1. The highest BCUT2D eigenvalue weighted by Gasteiger charge is 2.25. The molecule has 0 N–H and O–H groups in total. The molecule has 0 fully saturated rings. The Balaban J connectivity index is 1.82. The molecule has 0 spiro atoms. The van der Waals surface area contributed by atoms with Gasteiger partial charge in [0, 0.05) is 21.9 Å². The van der Waals surface area contributed by atoms with Gasteiger partial charge in [0.25, 0.3) is 0 Å². The molecular formula is C23H16Cl2FNO4S3. The summed E-state index contributed by atoms with van der Waals surface area (Å²) in [5, 5.41) is 0.631. The third-order valence-corrected chi connectivity index (χ3v) is 9.63. The zero-order chi connectivity index (χ0) is 24.7. The number of benzene rings is 3. The van der Waals surface area contributed by atoms with E-state index in [1.165, 1.54) is 54.6 Å². The van der Waals surface area contributed by atoms with Gasteiger partial charge in [-0.3, -0.25) is 0 Å². The highest BCUT2D eigenvalue weighted by molar-refractivity contribution is 7.92. The predicted octanol–water partition coefficient (Wildman–Crippen LogP) is 6.30. The van der Waals surface area contributed by atoms with Crippen LogP contribution in [0.15, 0.2) is 76.0 Å². The van der Waals surface area contributed by atoms with Crippen molar-refractivity contribution in [3.63, 3.8) is 0 Å². The van der Waals surface area contributed by atoms with E-state index in [0.29, 0.717) is 37.3 Å². The lowest BCUT2D eigenvalue weighted by Gasteiger charge is -2.04. The second-order valence-electron chi connectivity index (χ2n) is 7.50.